The van der Waals surface area contributed by atoms with Gasteiger partial charge in [-0.25, -0.2) is 4.79 Å². The Balaban J connectivity index is 2.30. The lowest BCUT2D eigenvalue weighted by atomic mass is 10.2. The Kier molecular flexibility index (Phi) is 3.85. The van der Waals surface area contributed by atoms with Gasteiger partial charge in [-0.15, -0.1) is 0 Å². The highest BCUT2D eigenvalue weighted by Crippen LogP contribution is 2.28. The van der Waals surface area contributed by atoms with Crippen LogP contribution in [0.15, 0.2) is 18.2 Å². The Morgan fingerprint density at radius 2 is 2.25 bits per heavy atom. The van der Waals surface area contributed by atoms with Crippen molar-refractivity contribution in [2.24, 2.45) is 7.05 Å². The predicted molar refractivity (Wildman–Crippen MR) is 75.1 cm³/mol. The van der Waals surface area contributed by atoms with E-state index in [2.05, 4.69) is 5.10 Å². The molecule has 0 aliphatic carbocycles. The molecule has 0 unspecified atom stereocenters. The van der Waals surface area contributed by atoms with Crippen LogP contribution in [0.3, 0.4) is 0 Å². The summed E-state index contributed by atoms with van der Waals surface area (Å²) in [5.74, 6) is -0.963. The number of carboxylic acids is 1. The summed E-state index contributed by atoms with van der Waals surface area (Å²) in [6.45, 7) is 1.87. The van der Waals surface area contributed by atoms with Crippen LogP contribution in [0.2, 0.25) is 5.02 Å². The van der Waals surface area contributed by atoms with Gasteiger partial charge >= 0.3 is 5.97 Å². The van der Waals surface area contributed by atoms with E-state index in [9.17, 15) is 4.79 Å². The third kappa shape index (κ3) is 2.55. The molecule has 0 aliphatic rings. The number of para-hydroxylation sites is 1. The van der Waals surface area contributed by atoms with Crippen LogP contribution < -0.4 is 10.5 Å². The SMILES string of the molecule is Cc1nn(C)c(COc2c(N)cccc2C(=O)O)c1Cl. The fraction of sp³-hybridized carbons (Fsp3) is 0.231. The van der Waals surface area contributed by atoms with Crippen LogP contribution >= 0.6 is 11.6 Å². The van der Waals surface area contributed by atoms with Crippen molar-refractivity contribution in [2.75, 3.05) is 5.73 Å². The first-order chi connectivity index (χ1) is 9.41. The minimum absolute atomic E-state index is 0.0139. The van der Waals surface area contributed by atoms with E-state index in [1.165, 1.54) is 6.07 Å². The molecule has 106 valence electrons. The van der Waals surface area contributed by atoms with E-state index in [0.717, 1.165) is 0 Å². The number of carboxylic acid groups (broad SMARTS) is 1. The summed E-state index contributed by atoms with van der Waals surface area (Å²) in [6.07, 6.45) is 0. The van der Waals surface area contributed by atoms with Gasteiger partial charge in [0.1, 0.15) is 12.2 Å². The number of aryl methyl sites for hydroxylation is 2. The number of hydrogen-bond donors (Lipinski definition) is 2. The number of benzene rings is 1. The lowest BCUT2D eigenvalue weighted by Gasteiger charge is -2.12. The molecule has 2 rings (SSSR count). The van der Waals surface area contributed by atoms with E-state index in [4.69, 9.17) is 27.2 Å². The first kappa shape index (κ1) is 14.2. The summed E-state index contributed by atoms with van der Waals surface area (Å²) in [5.41, 5.74) is 7.38. The van der Waals surface area contributed by atoms with Crippen molar-refractivity contribution >= 4 is 23.3 Å². The lowest BCUT2D eigenvalue weighted by Crippen LogP contribution is -2.08. The van der Waals surface area contributed by atoms with Crippen LogP contribution in [0.1, 0.15) is 21.7 Å². The number of rotatable bonds is 4. The number of nitrogen functional groups attached to an aromatic ring is 1. The van der Waals surface area contributed by atoms with Gasteiger partial charge in [0.15, 0.2) is 5.75 Å². The second-order valence-corrected chi connectivity index (χ2v) is 4.67. The van der Waals surface area contributed by atoms with Gasteiger partial charge in [0, 0.05) is 7.05 Å². The van der Waals surface area contributed by atoms with E-state index in [-0.39, 0.29) is 23.6 Å². The summed E-state index contributed by atoms with van der Waals surface area (Å²) in [7, 11) is 1.74. The maximum Gasteiger partial charge on any atom is 0.339 e. The topological polar surface area (TPSA) is 90.4 Å². The third-order valence-electron chi connectivity index (χ3n) is 2.89. The molecule has 0 bridgehead atoms. The number of aromatic nitrogens is 2. The zero-order valence-electron chi connectivity index (χ0n) is 11.1. The molecule has 20 heavy (non-hydrogen) atoms. The number of nitrogens with two attached hydrogens (primary N) is 1. The maximum absolute atomic E-state index is 11.1. The molecule has 0 amide bonds. The molecule has 7 heteroatoms. The summed E-state index contributed by atoms with van der Waals surface area (Å²) in [6, 6.07) is 4.58. The highest BCUT2D eigenvalue weighted by atomic mass is 35.5. The number of anilines is 1. The maximum atomic E-state index is 11.1. The van der Waals surface area contributed by atoms with Crippen molar-refractivity contribution in [3.8, 4) is 5.75 Å². The molecule has 1 aromatic heterocycles. The van der Waals surface area contributed by atoms with Gasteiger partial charge in [-0.05, 0) is 19.1 Å². The number of carbonyl (C=O) groups is 1. The number of aromatic carboxylic acids is 1. The smallest absolute Gasteiger partial charge is 0.339 e. The number of hydrogen-bond acceptors (Lipinski definition) is 4. The number of nitrogens with zero attached hydrogens (tertiary/aromatic N) is 2. The number of halogens is 1. The summed E-state index contributed by atoms with van der Waals surface area (Å²) >= 11 is 6.11. The van der Waals surface area contributed by atoms with E-state index in [1.54, 1.807) is 30.8 Å². The van der Waals surface area contributed by atoms with Crippen LogP contribution in [-0.4, -0.2) is 20.9 Å². The van der Waals surface area contributed by atoms with Gasteiger partial charge in [0.05, 0.1) is 22.1 Å². The van der Waals surface area contributed by atoms with Gasteiger partial charge in [0.25, 0.3) is 0 Å². The molecule has 0 aliphatic heterocycles. The molecule has 1 aromatic carbocycles. The van der Waals surface area contributed by atoms with Crippen molar-refractivity contribution in [1.82, 2.24) is 9.78 Å². The fourth-order valence-corrected chi connectivity index (χ4v) is 2.08. The Hall–Kier alpha value is -2.21. The third-order valence-corrected chi connectivity index (χ3v) is 3.38. The van der Waals surface area contributed by atoms with Crippen molar-refractivity contribution in [1.29, 1.82) is 0 Å². The Bertz CT molecular complexity index is 667. The fourth-order valence-electron chi connectivity index (χ4n) is 1.86. The zero-order valence-corrected chi connectivity index (χ0v) is 11.8. The van der Waals surface area contributed by atoms with Crippen LogP contribution in [0.25, 0.3) is 0 Å². The Morgan fingerprint density at radius 3 is 2.80 bits per heavy atom. The standard InChI is InChI=1S/C13H14ClN3O3/c1-7-11(14)10(17(2)16-7)6-20-12-8(13(18)19)4-3-5-9(12)15/h3-5H,6,15H2,1-2H3,(H,18,19). The van der Waals surface area contributed by atoms with Gasteiger partial charge in [-0.2, -0.15) is 5.10 Å². The highest BCUT2D eigenvalue weighted by molar-refractivity contribution is 6.31. The van der Waals surface area contributed by atoms with E-state index in [0.29, 0.717) is 16.4 Å². The van der Waals surface area contributed by atoms with Gasteiger partial charge < -0.3 is 15.6 Å². The molecule has 3 N–H and O–H groups in total. The normalized spacial score (nSPS) is 10.6. The lowest BCUT2D eigenvalue weighted by molar-refractivity contribution is 0.0692. The minimum atomic E-state index is -1.10. The molecule has 0 atom stereocenters. The van der Waals surface area contributed by atoms with Crippen LogP contribution in [-0.2, 0) is 13.7 Å². The number of ether oxygens (including phenoxy) is 1. The summed E-state index contributed by atoms with van der Waals surface area (Å²) < 4.78 is 7.13. The molecule has 1 heterocycles. The molecule has 2 aromatic rings. The monoisotopic (exact) mass is 295 g/mol. The van der Waals surface area contributed by atoms with Gasteiger partial charge in [0.2, 0.25) is 0 Å². The zero-order chi connectivity index (χ0) is 14.9. The van der Waals surface area contributed by atoms with Gasteiger partial charge in [-0.1, -0.05) is 17.7 Å². The molecular formula is C13H14ClN3O3. The molecule has 0 spiro atoms. The average molecular weight is 296 g/mol. The molecule has 0 radical (unpaired) electrons. The Labute approximate surface area is 120 Å². The summed E-state index contributed by atoms with van der Waals surface area (Å²) in [4.78, 5) is 11.1. The molecule has 0 saturated carbocycles. The van der Waals surface area contributed by atoms with Crippen LogP contribution in [0.4, 0.5) is 5.69 Å². The second kappa shape index (κ2) is 5.42. The largest absolute Gasteiger partial charge is 0.484 e. The molecule has 0 fully saturated rings. The van der Waals surface area contributed by atoms with Crippen LogP contribution in [0, 0.1) is 6.92 Å². The highest BCUT2D eigenvalue weighted by Gasteiger charge is 2.17. The molecular weight excluding hydrogens is 282 g/mol. The van der Waals surface area contributed by atoms with Crippen molar-refractivity contribution < 1.29 is 14.6 Å². The second-order valence-electron chi connectivity index (χ2n) is 4.29. The first-order valence-electron chi connectivity index (χ1n) is 5.84. The van der Waals surface area contributed by atoms with E-state index >= 15 is 0 Å². The van der Waals surface area contributed by atoms with Crippen molar-refractivity contribution in [3.05, 3.63) is 40.2 Å². The quantitative estimate of drug-likeness (QED) is 0.844. The minimum Gasteiger partial charge on any atom is -0.484 e. The van der Waals surface area contributed by atoms with Crippen molar-refractivity contribution in [3.63, 3.8) is 0 Å². The summed E-state index contributed by atoms with van der Waals surface area (Å²) in [5, 5.41) is 13.8. The van der Waals surface area contributed by atoms with E-state index < -0.39 is 5.97 Å². The predicted octanol–water partition coefficient (Wildman–Crippen LogP) is 2.24. The average Bonchev–Trinajstić information content (AvgIpc) is 2.62. The Morgan fingerprint density at radius 1 is 1.55 bits per heavy atom. The van der Waals surface area contributed by atoms with Crippen molar-refractivity contribution in [2.45, 2.75) is 13.5 Å². The van der Waals surface area contributed by atoms with E-state index in [1.807, 2.05) is 0 Å². The first-order valence-corrected chi connectivity index (χ1v) is 6.22. The van der Waals surface area contributed by atoms with Crippen LogP contribution in [0.5, 0.6) is 5.75 Å². The molecule has 0 saturated heterocycles. The van der Waals surface area contributed by atoms with Gasteiger partial charge in [-0.3, -0.25) is 4.68 Å². The molecule has 6 nitrogen and oxygen atoms in total.